The molecule has 0 radical (unpaired) electrons. The number of sulfonamides is 1. The molecule has 1 aliphatic heterocycles. The zero-order valence-electron chi connectivity index (χ0n) is 9.96. The molecule has 0 aromatic heterocycles. The van der Waals surface area contributed by atoms with Crippen LogP contribution in [0.25, 0.3) is 0 Å². The normalized spacial score (nSPS) is 24.3. The van der Waals surface area contributed by atoms with Gasteiger partial charge in [-0.25, -0.2) is 13.1 Å². The molecule has 6 nitrogen and oxygen atoms in total. The highest BCUT2D eigenvalue weighted by molar-refractivity contribution is 7.89. The lowest BCUT2D eigenvalue weighted by atomic mass is 10.2. The minimum absolute atomic E-state index is 0.0357. The molecule has 1 fully saturated rings. The van der Waals surface area contributed by atoms with Crippen molar-refractivity contribution in [3.63, 3.8) is 0 Å². The first-order valence-electron chi connectivity index (χ1n) is 5.62. The van der Waals surface area contributed by atoms with Gasteiger partial charge in [0.15, 0.2) is 0 Å². The van der Waals surface area contributed by atoms with Crippen LogP contribution in [0.1, 0.15) is 13.3 Å². The molecule has 2 rings (SSSR count). The van der Waals surface area contributed by atoms with Gasteiger partial charge in [0.25, 0.3) is 0 Å². The number of ether oxygens (including phenoxy) is 1. The van der Waals surface area contributed by atoms with Gasteiger partial charge in [-0.1, -0.05) is 0 Å². The van der Waals surface area contributed by atoms with Crippen LogP contribution in [-0.2, 0) is 14.8 Å². The molecular formula is C11H16N2O4S. The average molecular weight is 272 g/mol. The minimum Gasteiger partial charge on any atom is -0.506 e. The van der Waals surface area contributed by atoms with E-state index < -0.39 is 10.0 Å². The summed E-state index contributed by atoms with van der Waals surface area (Å²) in [6.45, 7) is 2.37. The molecule has 1 heterocycles. The highest BCUT2D eigenvalue weighted by Crippen LogP contribution is 2.24. The molecule has 0 aliphatic carbocycles. The number of hydrogen-bond acceptors (Lipinski definition) is 5. The number of rotatable bonds is 3. The Morgan fingerprint density at radius 3 is 2.78 bits per heavy atom. The van der Waals surface area contributed by atoms with E-state index in [1.165, 1.54) is 18.2 Å². The summed E-state index contributed by atoms with van der Waals surface area (Å²) in [5, 5.41) is 9.28. The number of nitrogens with two attached hydrogens (primary N) is 1. The van der Waals surface area contributed by atoms with Crippen LogP contribution in [0, 0.1) is 0 Å². The number of anilines is 1. The van der Waals surface area contributed by atoms with Gasteiger partial charge >= 0.3 is 0 Å². The first-order valence-corrected chi connectivity index (χ1v) is 7.11. The van der Waals surface area contributed by atoms with Crippen molar-refractivity contribution in [2.24, 2.45) is 0 Å². The molecule has 1 aromatic carbocycles. The van der Waals surface area contributed by atoms with E-state index in [2.05, 4.69) is 4.72 Å². The number of hydrogen-bond donors (Lipinski definition) is 3. The number of phenolic OH excluding ortho intramolecular Hbond substituents is 1. The Morgan fingerprint density at radius 2 is 2.22 bits per heavy atom. The summed E-state index contributed by atoms with van der Waals surface area (Å²) >= 11 is 0. The molecule has 4 N–H and O–H groups in total. The number of phenols is 1. The van der Waals surface area contributed by atoms with Gasteiger partial charge in [-0.3, -0.25) is 0 Å². The van der Waals surface area contributed by atoms with Gasteiger partial charge < -0.3 is 15.6 Å². The molecule has 7 heteroatoms. The van der Waals surface area contributed by atoms with Gasteiger partial charge in [-0.05, 0) is 31.5 Å². The number of benzene rings is 1. The third-order valence-electron chi connectivity index (χ3n) is 2.99. The van der Waals surface area contributed by atoms with E-state index in [0.29, 0.717) is 13.0 Å². The van der Waals surface area contributed by atoms with Crippen molar-refractivity contribution in [3.05, 3.63) is 18.2 Å². The van der Waals surface area contributed by atoms with Crippen molar-refractivity contribution in [2.75, 3.05) is 12.3 Å². The monoisotopic (exact) mass is 272 g/mol. The lowest BCUT2D eigenvalue weighted by Gasteiger charge is -2.16. The lowest BCUT2D eigenvalue weighted by molar-refractivity contribution is 0.117. The first kappa shape index (κ1) is 13.1. The van der Waals surface area contributed by atoms with Gasteiger partial charge in [0, 0.05) is 6.61 Å². The summed E-state index contributed by atoms with van der Waals surface area (Å²) in [4.78, 5) is 0.0388. The second-order valence-electron chi connectivity index (χ2n) is 4.31. The van der Waals surface area contributed by atoms with Gasteiger partial charge in [0.05, 0.1) is 22.7 Å². The molecule has 1 aliphatic rings. The molecule has 2 unspecified atom stereocenters. The summed E-state index contributed by atoms with van der Waals surface area (Å²) in [6.07, 6.45) is 0.503. The van der Waals surface area contributed by atoms with Gasteiger partial charge in [0.2, 0.25) is 10.0 Å². The predicted octanol–water partition coefficient (Wildman–Crippen LogP) is 0.430. The second kappa shape index (κ2) is 4.75. The van der Waals surface area contributed by atoms with E-state index in [4.69, 9.17) is 10.5 Å². The fourth-order valence-corrected chi connectivity index (χ4v) is 3.23. The van der Waals surface area contributed by atoms with Crippen molar-refractivity contribution in [3.8, 4) is 5.75 Å². The zero-order valence-corrected chi connectivity index (χ0v) is 10.8. The van der Waals surface area contributed by atoms with E-state index in [-0.39, 0.29) is 28.5 Å². The first-order chi connectivity index (χ1) is 8.40. The molecule has 0 bridgehead atoms. The molecule has 0 amide bonds. The molecule has 0 saturated carbocycles. The second-order valence-corrected chi connectivity index (χ2v) is 6.03. The van der Waals surface area contributed by atoms with Crippen molar-refractivity contribution >= 4 is 15.7 Å². The fraction of sp³-hybridized carbons (Fsp3) is 0.455. The van der Waals surface area contributed by atoms with Crippen LogP contribution in [0.3, 0.4) is 0 Å². The molecule has 2 atom stereocenters. The van der Waals surface area contributed by atoms with Gasteiger partial charge in [-0.2, -0.15) is 0 Å². The zero-order chi connectivity index (χ0) is 13.3. The van der Waals surface area contributed by atoms with Crippen LogP contribution >= 0.6 is 0 Å². The van der Waals surface area contributed by atoms with Crippen LogP contribution in [0.2, 0.25) is 0 Å². The lowest BCUT2D eigenvalue weighted by Crippen LogP contribution is -2.39. The van der Waals surface area contributed by atoms with E-state index in [1.807, 2.05) is 6.92 Å². The van der Waals surface area contributed by atoms with Crippen molar-refractivity contribution in [2.45, 2.75) is 30.4 Å². The number of aromatic hydroxyl groups is 1. The highest BCUT2D eigenvalue weighted by Gasteiger charge is 2.29. The summed E-state index contributed by atoms with van der Waals surface area (Å²) in [7, 11) is -3.64. The molecule has 1 aromatic rings. The summed E-state index contributed by atoms with van der Waals surface area (Å²) in [6, 6.07) is 3.58. The summed E-state index contributed by atoms with van der Waals surface area (Å²) < 4.78 is 32.1. The van der Waals surface area contributed by atoms with E-state index in [9.17, 15) is 13.5 Å². The summed E-state index contributed by atoms with van der Waals surface area (Å²) in [5.41, 5.74) is 5.52. The largest absolute Gasteiger partial charge is 0.506 e. The highest BCUT2D eigenvalue weighted by atomic mass is 32.2. The minimum atomic E-state index is -3.64. The Balaban J connectivity index is 2.22. The van der Waals surface area contributed by atoms with Gasteiger partial charge in [0.1, 0.15) is 5.75 Å². The maximum Gasteiger partial charge on any atom is 0.240 e. The van der Waals surface area contributed by atoms with Crippen LogP contribution in [0.15, 0.2) is 23.1 Å². The molecule has 1 saturated heterocycles. The third kappa shape index (κ3) is 2.58. The van der Waals surface area contributed by atoms with E-state index in [1.54, 1.807) is 0 Å². The van der Waals surface area contributed by atoms with E-state index in [0.717, 1.165) is 0 Å². The standard InChI is InChI=1S/C11H16N2O4S/c1-7-10(4-5-17-7)13-18(15,16)8-2-3-11(14)9(12)6-8/h2-3,6-7,10,13-14H,4-5,12H2,1H3. The maximum absolute atomic E-state index is 12.1. The molecular weight excluding hydrogens is 256 g/mol. The van der Waals surface area contributed by atoms with Gasteiger partial charge in [-0.15, -0.1) is 0 Å². The van der Waals surface area contributed by atoms with Crippen molar-refractivity contribution in [1.82, 2.24) is 4.72 Å². The van der Waals surface area contributed by atoms with Crippen LogP contribution in [0.5, 0.6) is 5.75 Å². The Labute approximate surface area is 106 Å². The predicted molar refractivity (Wildman–Crippen MR) is 66.7 cm³/mol. The van der Waals surface area contributed by atoms with E-state index >= 15 is 0 Å². The van der Waals surface area contributed by atoms with Crippen LogP contribution in [-0.4, -0.2) is 32.3 Å². The fourth-order valence-electron chi connectivity index (χ4n) is 1.85. The van der Waals surface area contributed by atoms with Crippen molar-refractivity contribution < 1.29 is 18.3 Å². The third-order valence-corrected chi connectivity index (χ3v) is 4.48. The SMILES string of the molecule is CC1OCCC1NS(=O)(=O)c1ccc(O)c(N)c1. The maximum atomic E-state index is 12.1. The number of nitrogens with one attached hydrogen (secondary N) is 1. The topological polar surface area (TPSA) is 102 Å². The molecule has 0 spiro atoms. The molecule has 100 valence electrons. The Bertz CT molecular complexity index is 544. The Hall–Kier alpha value is -1.31. The smallest absolute Gasteiger partial charge is 0.240 e. The summed E-state index contributed by atoms with van der Waals surface area (Å²) in [5.74, 6) is -0.133. The Morgan fingerprint density at radius 1 is 1.50 bits per heavy atom. The van der Waals surface area contributed by atoms with Crippen LogP contribution in [0.4, 0.5) is 5.69 Å². The van der Waals surface area contributed by atoms with Crippen molar-refractivity contribution in [1.29, 1.82) is 0 Å². The quantitative estimate of drug-likeness (QED) is 0.547. The average Bonchev–Trinajstić information content (AvgIpc) is 2.67. The van der Waals surface area contributed by atoms with Crippen LogP contribution < -0.4 is 10.5 Å². The Kier molecular flexibility index (Phi) is 3.47. The number of nitrogen functional groups attached to an aromatic ring is 1. The molecule has 18 heavy (non-hydrogen) atoms.